The number of carbonyl (C=O) groups is 1. The van der Waals surface area contributed by atoms with Gasteiger partial charge in [-0.15, -0.1) is 0 Å². The highest BCUT2D eigenvalue weighted by molar-refractivity contribution is 5.92. The van der Waals surface area contributed by atoms with Crippen molar-refractivity contribution in [2.24, 2.45) is 0 Å². The van der Waals surface area contributed by atoms with E-state index in [0.29, 0.717) is 11.5 Å². The van der Waals surface area contributed by atoms with Crippen molar-refractivity contribution in [2.45, 2.75) is 19.9 Å². The summed E-state index contributed by atoms with van der Waals surface area (Å²) in [5.74, 6) is 1.83. The van der Waals surface area contributed by atoms with Crippen LogP contribution in [0.15, 0.2) is 42.5 Å². The monoisotopic (exact) mass is 355 g/mol. The second-order valence-corrected chi connectivity index (χ2v) is 5.92. The molecule has 0 aliphatic carbocycles. The van der Waals surface area contributed by atoms with Crippen molar-refractivity contribution in [3.63, 3.8) is 0 Å². The average Bonchev–Trinajstić information content (AvgIpc) is 2.65. The van der Waals surface area contributed by atoms with E-state index in [2.05, 4.69) is 5.32 Å². The van der Waals surface area contributed by atoms with E-state index in [0.717, 1.165) is 22.4 Å². The predicted molar refractivity (Wildman–Crippen MR) is 103 cm³/mol. The summed E-state index contributed by atoms with van der Waals surface area (Å²) in [5, 5.41) is 2.94. The number of benzene rings is 2. The van der Waals surface area contributed by atoms with E-state index < -0.39 is 0 Å². The number of hydrogen-bond acceptors (Lipinski definition) is 4. The molecule has 0 saturated heterocycles. The molecule has 0 heterocycles. The van der Waals surface area contributed by atoms with E-state index in [-0.39, 0.29) is 11.9 Å². The van der Waals surface area contributed by atoms with Crippen LogP contribution in [0.3, 0.4) is 0 Å². The van der Waals surface area contributed by atoms with Gasteiger partial charge in [-0.2, -0.15) is 0 Å². The van der Waals surface area contributed by atoms with Gasteiger partial charge in [-0.25, -0.2) is 0 Å². The highest BCUT2D eigenvalue weighted by Crippen LogP contribution is 2.29. The Morgan fingerprint density at radius 3 is 2.27 bits per heavy atom. The third-order valence-electron chi connectivity index (χ3n) is 4.07. The number of amides is 1. The first-order valence-electron chi connectivity index (χ1n) is 8.33. The molecule has 0 aliphatic rings. The maximum Gasteiger partial charge on any atom is 0.244 e. The minimum Gasteiger partial charge on any atom is -0.496 e. The summed E-state index contributed by atoms with van der Waals surface area (Å²) in [6.45, 7) is 3.91. The normalized spacial score (nSPS) is 11.9. The summed E-state index contributed by atoms with van der Waals surface area (Å²) in [6.07, 6.45) is 3.26. The number of rotatable bonds is 7. The summed E-state index contributed by atoms with van der Waals surface area (Å²) in [6, 6.07) is 11.2. The summed E-state index contributed by atoms with van der Waals surface area (Å²) in [4.78, 5) is 12.3. The Labute approximate surface area is 154 Å². The van der Waals surface area contributed by atoms with Crippen LogP contribution in [-0.2, 0) is 4.79 Å². The fourth-order valence-electron chi connectivity index (χ4n) is 2.62. The van der Waals surface area contributed by atoms with Crippen LogP contribution >= 0.6 is 0 Å². The van der Waals surface area contributed by atoms with E-state index in [1.807, 2.05) is 50.2 Å². The molecule has 138 valence electrons. The molecule has 0 aromatic heterocycles. The second kappa shape index (κ2) is 8.94. The van der Waals surface area contributed by atoms with Gasteiger partial charge in [-0.3, -0.25) is 4.79 Å². The molecule has 1 atom stereocenters. The van der Waals surface area contributed by atoms with Crippen molar-refractivity contribution in [1.82, 2.24) is 5.32 Å². The summed E-state index contributed by atoms with van der Waals surface area (Å²) < 4.78 is 15.9. The third-order valence-corrected chi connectivity index (χ3v) is 4.07. The van der Waals surface area contributed by atoms with Gasteiger partial charge in [0.2, 0.25) is 5.91 Å². The van der Waals surface area contributed by atoms with Crippen molar-refractivity contribution in [1.29, 1.82) is 0 Å². The molecule has 0 bridgehead atoms. The van der Waals surface area contributed by atoms with Gasteiger partial charge in [0.1, 0.15) is 5.75 Å². The zero-order valence-corrected chi connectivity index (χ0v) is 15.8. The molecule has 1 N–H and O–H groups in total. The largest absolute Gasteiger partial charge is 0.496 e. The van der Waals surface area contributed by atoms with E-state index in [4.69, 9.17) is 14.2 Å². The van der Waals surface area contributed by atoms with Crippen molar-refractivity contribution in [2.75, 3.05) is 21.3 Å². The molecule has 2 rings (SSSR count). The fourth-order valence-corrected chi connectivity index (χ4v) is 2.62. The minimum absolute atomic E-state index is 0.175. The molecular weight excluding hydrogens is 330 g/mol. The van der Waals surface area contributed by atoms with Crippen LogP contribution in [0.25, 0.3) is 6.08 Å². The van der Waals surface area contributed by atoms with Gasteiger partial charge < -0.3 is 19.5 Å². The van der Waals surface area contributed by atoms with Crippen LogP contribution in [-0.4, -0.2) is 27.2 Å². The van der Waals surface area contributed by atoms with Gasteiger partial charge in [-0.1, -0.05) is 17.7 Å². The van der Waals surface area contributed by atoms with Crippen LogP contribution in [0.2, 0.25) is 0 Å². The van der Waals surface area contributed by atoms with E-state index >= 15 is 0 Å². The first-order chi connectivity index (χ1) is 12.5. The number of carbonyl (C=O) groups excluding carboxylic acids is 1. The van der Waals surface area contributed by atoms with Gasteiger partial charge in [-0.05, 0) is 49.8 Å². The summed E-state index contributed by atoms with van der Waals surface area (Å²) in [5.41, 5.74) is 2.89. The second-order valence-electron chi connectivity index (χ2n) is 5.92. The molecule has 1 amide bonds. The molecule has 5 nitrogen and oxygen atoms in total. The molecule has 2 aromatic carbocycles. The van der Waals surface area contributed by atoms with Gasteiger partial charge in [0, 0.05) is 11.6 Å². The number of aryl methyl sites for hydroxylation is 1. The third kappa shape index (κ3) is 4.79. The van der Waals surface area contributed by atoms with E-state index in [1.165, 1.54) is 6.08 Å². The van der Waals surface area contributed by atoms with Gasteiger partial charge in [0.15, 0.2) is 11.5 Å². The van der Waals surface area contributed by atoms with Gasteiger partial charge in [0.25, 0.3) is 0 Å². The molecule has 1 unspecified atom stereocenters. The van der Waals surface area contributed by atoms with Crippen LogP contribution < -0.4 is 19.5 Å². The fraction of sp³-hybridized carbons (Fsp3) is 0.286. The van der Waals surface area contributed by atoms with Crippen molar-refractivity contribution < 1.29 is 19.0 Å². The zero-order chi connectivity index (χ0) is 19.1. The number of methoxy groups -OCH3 is 3. The van der Waals surface area contributed by atoms with E-state index in [9.17, 15) is 4.79 Å². The number of hydrogen-bond donors (Lipinski definition) is 1. The summed E-state index contributed by atoms with van der Waals surface area (Å²) >= 11 is 0. The predicted octanol–water partition coefficient (Wildman–Crippen LogP) is 3.91. The lowest BCUT2D eigenvalue weighted by molar-refractivity contribution is -0.117. The molecule has 5 heteroatoms. The van der Waals surface area contributed by atoms with Crippen LogP contribution in [0, 0.1) is 6.92 Å². The van der Waals surface area contributed by atoms with Gasteiger partial charge in [0.05, 0.1) is 27.4 Å². The molecule has 2 aromatic rings. The van der Waals surface area contributed by atoms with Crippen molar-refractivity contribution >= 4 is 12.0 Å². The Morgan fingerprint density at radius 1 is 0.962 bits per heavy atom. The molecule has 0 spiro atoms. The van der Waals surface area contributed by atoms with Crippen molar-refractivity contribution in [3.05, 3.63) is 59.2 Å². The maximum atomic E-state index is 12.3. The Balaban J connectivity index is 2.09. The van der Waals surface area contributed by atoms with Crippen molar-refractivity contribution in [3.8, 4) is 17.2 Å². The zero-order valence-electron chi connectivity index (χ0n) is 15.8. The Kier molecular flexibility index (Phi) is 6.67. The first-order valence-corrected chi connectivity index (χ1v) is 8.33. The topological polar surface area (TPSA) is 56.8 Å². The maximum absolute atomic E-state index is 12.3. The first kappa shape index (κ1) is 19.4. The standard InChI is InChI=1S/C21H25NO4/c1-14-6-9-18(24-3)17(12-14)8-11-21(23)22-15(2)16-7-10-19(25-4)20(13-16)26-5/h6-13,15H,1-5H3,(H,22,23)/b11-8+. The quantitative estimate of drug-likeness (QED) is 0.765. The molecular formula is C21H25NO4. The Hall–Kier alpha value is -2.95. The van der Waals surface area contributed by atoms with E-state index in [1.54, 1.807) is 27.4 Å². The van der Waals surface area contributed by atoms with Crippen LogP contribution in [0.5, 0.6) is 17.2 Å². The number of nitrogens with one attached hydrogen (secondary N) is 1. The Morgan fingerprint density at radius 2 is 1.62 bits per heavy atom. The average molecular weight is 355 g/mol. The molecule has 0 radical (unpaired) electrons. The lowest BCUT2D eigenvalue weighted by atomic mass is 10.1. The lowest BCUT2D eigenvalue weighted by Gasteiger charge is -2.15. The molecule has 0 fully saturated rings. The molecule has 0 saturated carbocycles. The van der Waals surface area contributed by atoms with Crippen LogP contribution in [0.4, 0.5) is 0 Å². The number of ether oxygens (including phenoxy) is 3. The smallest absolute Gasteiger partial charge is 0.244 e. The SMILES string of the molecule is COc1ccc(C)cc1/C=C/C(=O)NC(C)c1ccc(OC)c(OC)c1. The Bertz CT molecular complexity index is 799. The molecule has 0 aliphatic heterocycles. The highest BCUT2D eigenvalue weighted by Gasteiger charge is 2.11. The molecule has 26 heavy (non-hydrogen) atoms. The summed E-state index contributed by atoms with van der Waals surface area (Å²) in [7, 11) is 4.79. The van der Waals surface area contributed by atoms with Gasteiger partial charge >= 0.3 is 0 Å². The minimum atomic E-state index is -0.184. The lowest BCUT2D eigenvalue weighted by Crippen LogP contribution is -2.24. The van der Waals surface area contributed by atoms with Crippen LogP contribution in [0.1, 0.15) is 29.7 Å². The highest BCUT2D eigenvalue weighted by atomic mass is 16.5.